The van der Waals surface area contributed by atoms with Gasteiger partial charge in [-0.15, -0.1) is 0 Å². The molecule has 0 bridgehead atoms. The van der Waals surface area contributed by atoms with E-state index in [1.807, 2.05) is 19.9 Å². The third-order valence-corrected chi connectivity index (χ3v) is 8.67. The maximum absolute atomic E-state index is 10.9. The van der Waals surface area contributed by atoms with E-state index in [4.69, 9.17) is 9.53 Å². The molecule has 0 rings (SSSR count). The quantitative estimate of drug-likeness (QED) is 0.437. The summed E-state index contributed by atoms with van der Waals surface area (Å²) in [5.74, 6) is -0.866. The fraction of sp³-hybridized carbons (Fsp3) is 0.688. The molecule has 0 aliphatic carbocycles. The molecule has 1 unspecified atom stereocenters. The lowest BCUT2D eigenvalue weighted by atomic mass is 10.1. The van der Waals surface area contributed by atoms with Crippen LogP contribution in [-0.2, 0) is 9.22 Å². The normalized spacial score (nSPS) is 16.2. The molecule has 0 radical (unpaired) electrons. The Bertz CT molecular complexity index is 400. The predicted molar refractivity (Wildman–Crippen MR) is 87.5 cm³/mol. The monoisotopic (exact) mass is 298 g/mol. The average molecular weight is 298 g/mol. The molecule has 1 atom stereocenters. The van der Waals surface area contributed by atoms with Crippen molar-refractivity contribution in [2.45, 2.75) is 72.2 Å². The molecule has 0 aliphatic rings. The minimum Gasteiger partial charge on any atom is -0.478 e. The number of allylic oxidation sites excluding steroid dienone is 1. The Labute approximate surface area is 124 Å². The summed E-state index contributed by atoms with van der Waals surface area (Å²) in [5.41, 5.74) is 1.53. The SMILES string of the molecule is CC=C(C)C(CC=C(C)C(=O)O)O[Si](C)(C)C(C)(C)C. The highest BCUT2D eigenvalue weighted by Crippen LogP contribution is 2.38. The number of carbonyl (C=O) groups is 1. The van der Waals surface area contributed by atoms with Crippen molar-refractivity contribution in [3.63, 3.8) is 0 Å². The average Bonchev–Trinajstić information content (AvgIpc) is 2.31. The smallest absolute Gasteiger partial charge is 0.330 e. The number of aliphatic carboxylic acids is 1. The lowest BCUT2D eigenvalue weighted by Crippen LogP contribution is -2.44. The van der Waals surface area contributed by atoms with Crippen LogP contribution >= 0.6 is 0 Å². The first-order chi connectivity index (χ1) is 8.92. The van der Waals surface area contributed by atoms with E-state index in [9.17, 15) is 4.79 Å². The van der Waals surface area contributed by atoms with Gasteiger partial charge in [-0.1, -0.05) is 32.9 Å². The summed E-state index contributed by atoms with van der Waals surface area (Å²) < 4.78 is 6.42. The number of hydrogen-bond acceptors (Lipinski definition) is 2. The van der Waals surface area contributed by atoms with Crippen molar-refractivity contribution in [2.24, 2.45) is 0 Å². The molecule has 0 aromatic carbocycles. The van der Waals surface area contributed by atoms with Gasteiger partial charge in [-0.2, -0.15) is 0 Å². The molecule has 0 spiro atoms. The number of carboxylic acid groups (broad SMARTS) is 1. The summed E-state index contributed by atoms with van der Waals surface area (Å²) in [6, 6.07) is 0. The van der Waals surface area contributed by atoms with Gasteiger partial charge in [-0.3, -0.25) is 0 Å². The van der Waals surface area contributed by atoms with Crippen molar-refractivity contribution >= 4 is 14.3 Å². The first-order valence-electron chi connectivity index (χ1n) is 7.13. The first-order valence-corrected chi connectivity index (χ1v) is 10.0. The summed E-state index contributed by atoms with van der Waals surface area (Å²) in [7, 11) is -1.86. The molecular formula is C16H30O3Si. The van der Waals surface area contributed by atoms with Crippen molar-refractivity contribution in [3.05, 3.63) is 23.3 Å². The van der Waals surface area contributed by atoms with Crippen LogP contribution in [-0.4, -0.2) is 25.5 Å². The van der Waals surface area contributed by atoms with E-state index in [0.29, 0.717) is 12.0 Å². The predicted octanol–water partition coefficient (Wildman–Crippen LogP) is 4.76. The standard InChI is InChI=1S/C16H30O3Si/c1-9-12(2)14(11-10-13(3)15(17)18)19-20(7,8)16(4,5)6/h9-10,14H,11H2,1-8H3,(H,17,18). The fourth-order valence-electron chi connectivity index (χ4n) is 1.42. The largest absolute Gasteiger partial charge is 0.478 e. The van der Waals surface area contributed by atoms with Crippen LogP contribution in [0.3, 0.4) is 0 Å². The highest BCUT2D eigenvalue weighted by atomic mass is 28.4. The molecule has 20 heavy (non-hydrogen) atoms. The Hall–Kier alpha value is -0.873. The second-order valence-electron chi connectivity index (χ2n) is 6.83. The second-order valence-corrected chi connectivity index (χ2v) is 11.6. The molecule has 0 saturated heterocycles. The van der Waals surface area contributed by atoms with E-state index < -0.39 is 14.3 Å². The van der Waals surface area contributed by atoms with Crippen LogP contribution < -0.4 is 0 Å². The summed E-state index contributed by atoms with van der Waals surface area (Å²) in [6.07, 6.45) is 4.38. The molecule has 116 valence electrons. The fourth-order valence-corrected chi connectivity index (χ4v) is 2.76. The van der Waals surface area contributed by atoms with Crippen molar-refractivity contribution in [1.82, 2.24) is 0 Å². The van der Waals surface area contributed by atoms with Crippen molar-refractivity contribution in [3.8, 4) is 0 Å². The van der Waals surface area contributed by atoms with Crippen molar-refractivity contribution < 1.29 is 14.3 Å². The van der Waals surface area contributed by atoms with E-state index >= 15 is 0 Å². The molecule has 4 heteroatoms. The van der Waals surface area contributed by atoms with Gasteiger partial charge in [0, 0.05) is 5.57 Å². The summed E-state index contributed by atoms with van der Waals surface area (Å²) >= 11 is 0. The zero-order valence-corrected chi connectivity index (χ0v) is 15.2. The van der Waals surface area contributed by atoms with Gasteiger partial charge >= 0.3 is 5.97 Å². The van der Waals surface area contributed by atoms with Crippen LogP contribution in [0.1, 0.15) is 48.0 Å². The van der Waals surface area contributed by atoms with E-state index in [1.54, 1.807) is 13.0 Å². The maximum atomic E-state index is 10.9. The van der Waals surface area contributed by atoms with Gasteiger partial charge < -0.3 is 9.53 Å². The minimum absolute atomic E-state index is 0.0322. The van der Waals surface area contributed by atoms with Gasteiger partial charge in [0.25, 0.3) is 0 Å². The Kier molecular flexibility index (Phi) is 6.91. The Balaban J connectivity index is 5.12. The lowest BCUT2D eigenvalue weighted by Gasteiger charge is -2.39. The summed E-state index contributed by atoms with van der Waals surface area (Å²) in [6.45, 7) is 16.7. The molecule has 0 amide bonds. The Morgan fingerprint density at radius 1 is 1.30 bits per heavy atom. The van der Waals surface area contributed by atoms with Gasteiger partial charge in [0.1, 0.15) is 0 Å². The van der Waals surface area contributed by atoms with Gasteiger partial charge in [0.15, 0.2) is 8.32 Å². The molecule has 0 saturated carbocycles. The molecule has 0 fully saturated rings. The van der Waals surface area contributed by atoms with Crippen LogP contribution in [0, 0.1) is 0 Å². The van der Waals surface area contributed by atoms with Crippen molar-refractivity contribution in [1.29, 1.82) is 0 Å². The molecule has 3 nitrogen and oxygen atoms in total. The van der Waals surface area contributed by atoms with Crippen LogP contribution in [0.2, 0.25) is 18.1 Å². The molecule has 0 aromatic rings. The lowest BCUT2D eigenvalue weighted by molar-refractivity contribution is -0.132. The molecule has 1 N–H and O–H groups in total. The topological polar surface area (TPSA) is 46.5 Å². The number of carboxylic acids is 1. The summed E-state index contributed by atoms with van der Waals surface area (Å²) in [4.78, 5) is 10.9. The van der Waals surface area contributed by atoms with Crippen molar-refractivity contribution in [2.75, 3.05) is 0 Å². The van der Waals surface area contributed by atoms with Crippen LogP contribution in [0.15, 0.2) is 23.3 Å². The third kappa shape index (κ3) is 5.63. The van der Waals surface area contributed by atoms with Crippen LogP contribution in [0.4, 0.5) is 0 Å². The zero-order chi connectivity index (χ0) is 16.1. The van der Waals surface area contributed by atoms with E-state index in [1.165, 1.54) is 0 Å². The zero-order valence-electron chi connectivity index (χ0n) is 14.2. The Morgan fingerprint density at radius 3 is 2.15 bits per heavy atom. The van der Waals surface area contributed by atoms with E-state index in [2.05, 4.69) is 33.9 Å². The van der Waals surface area contributed by atoms with E-state index in [0.717, 1.165) is 5.57 Å². The summed E-state index contributed by atoms with van der Waals surface area (Å²) in [5, 5.41) is 9.08. The van der Waals surface area contributed by atoms with Gasteiger partial charge in [0.2, 0.25) is 0 Å². The number of rotatable bonds is 6. The number of hydrogen-bond donors (Lipinski definition) is 1. The maximum Gasteiger partial charge on any atom is 0.330 e. The van der Waals surface area contributed by atoms with Gasteiger partial charge in [-0.25, -0.2) is 4.79 Å². The highest BCUT2D eigenvalue weighted by Gasteiger charge is 2.39. The van der Waals surface area contributed by atoms with Crippen LogP contribution in [0.5, 0.6) is 0 Å². The van der Waals surface area contributed by atoms with Gasteiger partial charge in [0.05, 0.1) is 6.10 Å². The molecule has 0 aromatic heterocycles. The molecule has 0 heterocycles. The Morgan fingerprint density at radius 2 is 1.80 bits per heavy atom. The van der Waals surface area contributed by atoms with Crippen LogP contribution in [0.25, 0.3) is 0 Å². The molecular weight excluding hydrogens is 268 g/mol. The highest BCUT2D eigenvalue weighted by molar-refractivity contribution is 6.74. The third-order valence-electron chi connectivity index (χ3n) is 4.18. The van der Waals surface area contributed by atoms with E-state index in [-0.39, 0.29) is 11.1 Å². The second kappa shape index (κ2) is 7.23. The first kappa shape index (κ1) is 19.1. The molecule has 0 aliphatic heterocycles. The van der Waals surface area contributed by atoms with Gasteiger partial charge in [-0.05, 0) is 50.9 Å². The minimum atomic E-state index is -1.86.